The maximum atomic E-state index is 14.3. The van der Waals surface area contributed by atoms with Crippen LogP contribution in [0, 0.1) is 11.8 Å². The van der Waals surface area contributed by atoms with Gasteiger partial charge in [-0.05, 0) is 88.6 Å². The van der Waals surface area contributed by atoms with Gasteiger partial charge in [0.15, 0.2) is 0 Å². The summed E-state index contributed by atoms with van der Waals surface area (Å²) in [5, 5.41) is 11.9. The molecule has 4 rings (SSSR count). The molecule has 0 bridgehead atoms. The number of sulfonamides is 1. The molecule has 1 saturated carbocycles. The zero-order chi connectivity index (χ0) is 31.7. The lowest BCUT2D eigenvalue weighted by molar-refractivity contribution is -0.0190. The van der Waals surface area contributed by atoms with Gasteiger partial charge in [-0.15, -0.1) is 11.3 Å². The minimum atomic E-state index is -3.81. The van der Waals surface area contributed by atoms with Crippen molar-refractivity contribution in [1.82, 2.24) is 9.80 Å². The number of carbonyl (C=O) groups excluding carboxylic acids is 1. The van der Waals surface area contributed by atoms with Crippen LogP contribution in [-0.2, 0) is 14.8 Å². The molecule has 11 heteroatoms. The molecule has 2 N–H and O–H groups in total. The first-order valence-corrected chi connectivity index (χ1v) is 18.5. The molecule has 0 unspecified atom stereocenters. The molecule has 246 valence electrons. The monoisotopic (exact) mass is 649 g/mol. The minimum absolute atomic E-state index is 0.00602. The third-order valence-corrected chi connectivity index (χ3v) is 11.6. The van der Waals surface area contributed by atoms with Crippen molar-refractivity contribution in [2.24, 2.45) is 11.8 Å². The van der Waals surface area contributed by atoms with Crippen molar-refractivity contribution in [2.75, 3.05) is 44.6 Å². The van der Waals surface area contributed by atoms with Crippen molar-refractivity contribution in [1.29, 1.82) is 0 Å². The SMILES string of the molecule is C[C@@H]1CCCCO[C@@H](CN(C)CC2CCCCC2)[C@H](C)CN([C@@H](C)CO)C(=O)c2cc(NS(=O)(=O)c3cccs3)ccc2O1. The number of anilines is 1. The van der Waals surface area contributed by atoms with Gasteiger partial charge < -0.3 is 24.4 Å². The Bertz CT molecular complexity index is 1280. The molecule has 1 aliphatic carbocycles. The summed E-state index contributed by atoms with van der Waals surface area (Å²) >= 11 is 1.13. The average molecular weight is 650 g/mol. The van der Waals surface area contributed by atoms with E-state index in [4.69, 9.17) is 9.47 Å². The van der Waals surface area contributed by atoms with Crippen molar-refractivity contribution in [2.45, 2.75) is 94.6 Å². The van der Waals surface area contributed by atoms with Crippen LogP contribution in [-0.4, -0.2) is 87.4 Å². The summed E-state index contributed by atoms with van der Waals surface area (Å²) in [5.74, 6) is 0.804. The molecule has 1 aliphatic heterocycles. The van der Waals surface area contributed by atoms with Gasteiger partial charge in [0.05, 0.1) is 30.4 Å². The van der Waals surface area contributed by atoms with Gasteiger partial charge in [-0.2, -0.15) is 0 Å². The number of amides is 1. The van der Waals surface area contributed by atoms with Gasteiger partial charge in [0.25, 0.3) is 15.9 Å². The van der Waals surface area contributed by atoms with E-state index in [1.165, 1.54) is 32.1 Å². The lowest BCUT2D eigenvalue weighted by atomic mass is 9.89. The number of hydrogen-bond donors (Lipinski definition) is 2. The number of hydrogen-bond acceptors (Lipinski definition) is 8. The van der Waals surface area contributed by atoms with Crippen molar-refractivity contribution in [3.05, 3.63) is 41.3 Å². The van der Waals surface area contributed by atoms with Gasteiger partial charge >= 0.3 is 0 Å². The first-order chi connectivity index (χ1) is 21.1. The second kappa shape index (κ2) is 16.4. The van der Waals surface area contributed by atoms with Crippen molar-refractivity contribution >= 4 is 33.0 Å². The average Bonchev–Trinajstić information content (AvgIpc) is 3.55. The number of likely N-dealkylation sites (N-methyl/N-ethyl adjacent to an activating group) is 1. The van der Waals surface area contributed by atoms with Crippen LogP contribution >= 0.6 is 11.3 Å². The number of ether oxygens (including phenoxy) is 2. The Labute approximate surface area is 268 Å². The van der Waals surface area contributed by atoms with Crippen molar-refractivity contribution in [3.8, 4) is 5.75 Å². The summed E-state index contributed by atoms with van der Waals surface area (Å²) in [7, 11) is -1.64. The van der Waals surface area contributed by atoms with Crippen LogP contribution < -0.4 is 9.46 Å². The van der Waals surface area contributed by atoms with Crippen LogP contribution in [0.3, 0.4) is 0 Å². The van der Waals surface area contributed by atoms with Gasteiger partial charge in [-0.1, -0.05) is 32.3 Å². The normalized spacial score (nSPS) is 23.9. The standard InChI is InChI=1S/C33H51N3O6S2/c1-24-20-36(25(2)23-37)33(38)29-19-28(34-44(39,40)32-14-10-18-43-32)15-16-30(29)42-26(3)11-8-9-17-41-31(24)22-35(4)21-27-12-6-5-7-13-27/h10,14-16,18-19,24-27,31,34,37H,5-9,11-13,17,20-23H2,1-4H3/t24-,25+,26-,31+/m1/s1. The molecule has 2 aliphatic rings. The Hall–Kier alpha value is -2.18. The molecule has 2 aromatic rings. The highest BCUT2D eigenvalue weighted by molar-refractivity contribution is 7.94. The number of nitrogens with one attached hydrogen (secondary N) is 1. The molecule has 2 heterocycles. The van der Waals surface area contributed by atoms with Crippen LogP contribution in [0.2, 0.25) is 0 Å². The highest BCUT2D eigenvalue weighted by Crippen LogP contribution is 2.30. The number of carbonyl (C=O) groups is 1. The predicted molar refractivity (Wildman–Crippen MR) is 176 cm³/mol. The zero-order valence-corrected chi connectivity index (χ0v) is 28.4. The number of benzene rings is 1. The first-order valence-electron chi connectivity index (χ1n) is 16.2. The molecule has 9 nitrogen and oxygen atoms in total. The molecule has 44 heavy (non-hydrogen) atoms. The largest absolute Gasteiger partial charge is 0.490 e. The van der Waals surface area contributed by atoms with Gasteiger partial charge in [-0.25, -0.2) is 8.42 Å². The van der Waals surface area contributed by atoms with Crippen LogP contribution in [0.15, 0.2) is 39.9 Å². The van der Waals surface area contributed by atoms with E-state index in [0.29, 0.717) is 18.9 Å². The Morgan fingerprint density at radius 1 is 1.09 bits per heavy atom. The molecule has 1 aromatic heterocycles. The Morgan fingerprint density at radius 2 is 1.84 bits per heavy atom. The van der Waals surface area contributed by atoms with Gasteiger partial charge in [0, 0.05) is 37.8 Å². The quantitative estimate of drug-likeness (QED) is 0.351. The van der Waals surface area contributed by atoms with Gasteiger partial charge in [-0.3, -0.25) is 9.52 Å². The molecule has 4 atom stereocenters. The number of aliphatic hydroxyl groups is 1. The Kier molecular flexibility index (Phi) is 12.9. The van der Waals surface area contributed by atoms with E-state index < -0.39 is 16.1 Å². The predicted octanol–water partition coefficient (Wildman–Crippen LogP) is 5.86. The third-order valence-electron chi connectivity index (χ3n) is 8.85. The molecular weight excluding hydrogens is 599 g/mol. The summed E-state index contributed by atoms with van der Waals surface area (Å²) in [6, 6.07) is 7.60. The molecule has 1 amide bonds. The van der Waals surface area contributed by atoms with Crippen LogP contribution in [0.25, 0.3) is 0 Å². The summed E-state index contributed by atoms with van der Waals surface area (Å²) in [5.41, 5.74) is 0.540. The first kappa shape index (κ1) is 34.7. The summed E-state index contributed by atoms with van der Waals surface area (Å²) < 4.78 is 41.5. The van der Waals surface area contributed by atoms with Crippen LogP contribution in [0.1, 0.15) is 82.5 Å². The second-order valence-corrected chi connectivity index (χ2v) is 15.6. The fourth-order valence-electron chi connectivity index (χ4n) is 6.26. The van der Waals surface area contributed by atoms with E-state index in [9.17, 15) is 18.3 Å². The number of nitrogens with zero attached hydrogens (tertiary/aromatic N) is 2. The smallest absolute Gasteiger partial charge is 0.271 e. The fraction of sp³-hybridized carbons (Fsp3) is 0.667. The van der Waals surface area contributed by atoms with Crippen molar-refractivity contribution in [3.63, 3.8) is 0 Å². The molecular formula is C33H51N3O6S2. The van der Waals surface area contributed by atoms with Gasteiger partial charge in [0.2, 0.25) is 0 Å². The number of aliphatic hydroxyl groups excluding tert-OH is 1. The maximum Gasteiger partial charge on any atom is 0.271 e. The van der Waals surface area contributed by atoms with Crippen molar-refractivity contribution < 1.29 is 27.8 Å². The van der Waals surface area contributed by atoms with E-state index in [2.05, 4.69) is 23.6 Å². The van der Waals surface area contributed by atoms with Crippen LogP contribution in [0.5, 0.6) is 5.75 Å². The molecule has 1 aromatic carbocycles. The topological polar surface area (TPSA) is 108 Å². The molecule has 0 saturated heterocycles. The fourth-order valence-corrected chi connectivity index (χ4v) is 8.31. The highest BCUT2D eigenvalue weighted by atomic mass is 32.2. The van der Waals surface area contributed by atoms with E-state index in [-0.39, 0.29) is 46.1 Å². The number of rotatable bonds is 9. The minimum Gasteiger partial charge on any atom is -0.490 e. The third kappa shape index (κ3) is 9.66. The Morgan fingerprint density at radius 3 is 2.55 bits per heavy atom. The second-order valence-electron chi connectivity index (χ2n) is 12.8. The lowest BCUT2D eigenvalue weighted by Gasteiger charge is -2.36. The summed E-state index contributed by atoms with van der Waals surface area (Å²) in [6.07, 6.45) is 8.93. The van der Waals surface area contributed by atoms with Crippen LogP contribution in [0.4, 0.5) is 5.69 Å². The Balaban J connectivity index is 1.61. The van der Waals surface area contributed by atoms with E-state index in [0.717, 1.165) is 49.6 Å². The highest BCUT2D eigenvalue weighted by Gasteiger charge is 2.31. The zero-order valence-electron chi connectivity index (χ0n) is 26.7. The van der Waals surface area contributed by atoms with Gasteiger partial charge in [0.1, 0.15) is 9.96 Å². The number of thiophene rings is 1. The number of fused-ring (bicyclic) bond motifs is 1. The van der Waals surface area contributed by atoms with E-state index in [1.807, 2.05) is 13.8 Å². The molecule has 0 radical (unpaired) electrons. The molecule has 1 fully saturated rings. The molecule has 0 spiro atoms. The summed E-state index contributed by atoms with van der Waals surface area (Å²) in [6.45, 7) is 8.56. The summed E-state index contributed by atoms with van der Waals surface area (Å²) in [4.78, 5) is 18.4. The lowest BCUT2D eigenvalue weighted by Crippen LogP contribution is -2.47. The van der Waals surface area contributed by atoms with E-state index >= 15 is 0 Å². The maximum absolute atomic E-state index is 14.3. The van der Waals surface area contributed by atoms with E-state index in [1.54, 1.807) is 40.6 Å².